The van der Waals surface area contributed by atoms with Crippen molar-refractivity contribution >= 4 is 23.4 Å². The molecule has 0 atom stereocenters. The zero-order chi connectivity index (χ0) is 24.6. The molecule has 5 nitrogen and oxygen atoms in total. The number of nitrogens with zero attached hydrogens (tertiary/aromatic N) is 2. The van der Waals surface area contributed by atoms with Gasteiger partial charge in [-0.2, -0.15) is 5.26 Å². The number of nitrogens with one attached hydrogen (secondary N) is 1. The molecule has 0 saturated heterocycles. The van der Waals surface area contributed by atoms with Crippen molar-refractivity contribution < 1.29 is 9.53 Å². The van der Waals surface area contributed by atoms with E-state index in [4.69, 9.17) is 9.72 Å². The third kappa shape index (κ3) is 6.08. The molecule has 0 spiro atoms. The number of rotatable bonds is 8. The van der Waals surface area contributed by atoms with Gasteiger partial charge in [-0.3, -0.25) is 4.79 Å². The minimum atomic E-state index is -0.109. The Morgan fingerprint density at radius 3 is 2.49 bits per heavy atom. The molecule has 0 aliphatic heterocycles. The lowest BCUT2D eigenvalue weighted by Gasteiger charge is -2.13. The van der Waals surface area contributed by atoms with Crippen LogP contribution in [0, 0.1) is 18.3 Å². The van der Waals surface area contributed by atoms with Crippen LogP contribution < -0.4 is 10.1 Å². The summed E-state index contributed by atoms with van der Waals surface area (Å²) in [5.74, 6) is 1.06. The van der Waals surface area contributed by atoms with Crippen LogP contribution in [0.1, 0.15) is 17.5 Å². The van der Waals surface area contributed by atoms with Crippen LogP contribution >= 0.6 is 11.8 Å². The Morgan fingerprint density at radius 1 is 1.00 bits per heavy atom. The van der Waals surface area contributed by atoms with Crippen molar-refractivity contribution in [1.29, 1.82) is 5.26 Å². The number of ether oxygens (including phenoxy) is 1. The van der Waals surface area contributed by atoms with E-state index in [9.17, 15) is 10.1 Å². The average Bonchev–Trinajstić information content (AvgIpc) is 2.89. The number of aromatic nitrogens is 1. The fourth-order valence-electron chi connectivity index (χ4n) is 3.62. The van der Waals surface area contributed by atoms with Gasteiger partial charge in [0, 0.05) is 35.1 Å². The minimum absolute atomic E-state index is 0.109. The number of anilines is 1. The van der Waals surface area contributed by atoms with Gasteiger partial charge in [0.05, 0.1) is 18.4 Å². The first-order valence-corrected chi connectivity index (χ1v) is 12.2. The van der Waals surface area contributed by atoms with Crippen LogP contribution in [-0.2, 0) is 4.79 Å². The predicted octanol–water partition coefficient (Wildman–Crippen LogP) is 6.73. The molecule has 35 heavy (non-hydrogen) atoms. The van der Waals surface area contributed by atoms with Crippen LogP contribution in [0.4, 0.5) is 5.69 Å². The number of amides is 1. The Morgan fingerprint density at radius 2 is 1.77 bits per heavy atom. The fourth-order valence-corrected chi connectivity index (χ4v) is 4.56. The first-order chi connectivity index (χ1) is 17.1. The van der Waals surface area contributed by atoms with Gasteiger partial charge in [-0.05, 0) is 30.7 Å². The molecule has 1 amide bonds. The zero-order valence-electron chi connectivity index (χ0n) is 19.6. The Bertz CT molecular complexity index is 1360. The van der Waals surface area contributed by atoms with E-state index in [1.165, 1.54) is 11.8 Å². The van der Waals surface area contributed by atoms with Gasteiger partial charge in [-0.25, -0.2) is 4.98 Å². The van der Waals surface area contributed by atoms with Gasteiger partial charge in [0.2, 0.25) is 5.91 Å². The molecule has 0 radical (unpaired) electrons. The first-order valence-electron chi connectivity index (χ1n) is 11.2. The van der Waals surface area contributed by atoms with Crippen molar-refractivity contribution in [3.63, 3.8) is 0 Å². The minimum Gasteiger partial charge on any atom is -0.497 e. The Balaban J connectivity index is 1.58. The summed E-state index contributed by atoms with van der Waals surface area (Å²) in [5, 5.41) is 13.6. The van der Waals surface area contributed by atoms with Crippen molar-refractivity contribution in [3.05, 3.63) is 96.1 Å². The van der Waals surface area contributed by atoms with Gasteiger partial charge in [0.1, 0.15) is 16.8 Å². The summed E-state index contributed by atoms with van der Waals surface area (Å²) in [6.07, 6.45) is 0.282. The Kier molecular flexibility index (Phi) is 7.81. The molecular formula is C29H25N3O2S. The molecule has 4 rings (SSSR count). The summed E-state index contributed by atoms with van der Waals surface area (Å²) < 4.78 is 5.21. The number of hydrogen-bond donors (Lipinski definition) is 1. The maximum absolute atomic E-state index is 12.5. The number of benzene rings is 3. The van der Waals surface area contributed by atoms with Crippen LogP contribution in [0.2, 0.25) is 0 Å². The molecule has 6 heteroatoms. The molecule has 0 saturated carbocycles. The summed E-state index contributed by atoms with van der Waals surface area (Å²) >= 11 is 1.42. The second kappa shape index (κ2) is 11.4. The molecule has 174 valence electrons. The summed E-state index contributed by atoms with van der Waals surface area (Å²) in [6, 6.07) is 29.6. The molecule has 1 aromatic heterocycles. The fraction of sp³-hybridized carbons (Fsp3) is 0.138. The number of aryl methyl sites for hydroxylation is 1. The molecule has 1 N–H and O–H groups in total. The molecular weight excluding hydrogens is 454 g/mol. The highest BCUT2D eigenvalue weighted by atomic mass is 32.2. The third-order valence-electron chi connectivity index (χ3n) is 5.45. The van der Waals surface area contributed by atoms with Gasteiger partial charge < -0.3 is 10.1 Å². The quantitative estimate of drug-likeness (QED) is 0.284. The van der Waals surface area contributed by atoms with E-state index in [0.717, 1.165) is 27.9 Å². The van der Waals surface area contributed by atoms with E-state index in [-0.39, 0.29) is 12.3 Å². The number of thioether (sulfide) groups is 1. The third-order valence-corrected chi connectivity index (χ3v) is 6.43. The van der Waals surface area contributed by atoms with Gasteiger partial charge in [-0.15, -0.1) is 11.8 Å². The standard InChI is InChI=1S/C29H25N3O2S/c1-20-11-13-21(14-12-20)25-18-27(22-7-4-3-5-8-22)32-29(26(25)19-30)35-16-15-28(33)31-23-9-6-10-24(17-23)34-2/h3-14,17-18H,15-16H2,1-2H3,(H,31,33). The second-order valence-electron chi connectivity index (χ2n) is 7.96. The predicted molar refractivity (Wildman–Crippen MR) is 142 cm³/mol. The highest BCUT2D eigenvalue weighted by Crippen LogP contribution is 2.34. The van der Waals surface area contributed by atoms with Gasteiger partial charge >= 0.3 is 0 Å². The smallest absolute Gasteiger partial charge is 0.225 e. The van der Waals surface area contributed by atoms with Crippen LogP contribution in [0.15, 0.2) is 90.0 Å². The van der Waals surface area contributed by atoms with Crippen LogP contribution in [0.5, 0.6) is 5.75 Å². The van der Waals surface area contributed by atoms with Gasteiger partial charge in [0.25, 0.3) is 0 Å². The number of carbonyl (C=O) groups is 1. The first kappa shape index (κ1) is 24.1. The number of hydrogen-bond acceptors (Lipinski definition) is 5. The molecule has 0 unspecified atom stereocenters. The number of carbonyl (C=O) groups excluding carboxylic acids is 1. The van der Waals surface area contributed by atoms with E-state index in [1.807, 2.05) is 85.8 Å². The van der Waals surface area contributed by atoms with E-state index in [1.54, 1.807) is 13.2 Å². The van der Waals surface area contributed by atoms with Crippen LogP contribution in [0.3, 0.4) is 0 Å². The van der Waals surface area contributed by atoms with Crippen molar-refractivity contribution in [2.75, 3.05) is 18.2 Å². The summed E-state index contributed by atoms with van der Waals surface area (Å²) in [4.78, 5) is 17.3. The van der Waals surface area contributed by atoms with Crippen molar-refractivity contribution in [3.8, 4) is 34.2 Å². The number of nitriles is 1. The molecule has 3 aromatic carbocycles. The largest absolute Gasteiger partial charge is 0.497 e. The van der Waals surface area contributed by atoms with E-state index in [0.29, 0.717) is 27.8 Å². The summed E-state index contributed by atoms with van der Waals surface area (Å²) in [6.45, 7) is 2.04. The lowest BCUT2D eigenvalue weighted by atomic mass is 9.98. The van der Waals surface area contributed by atoms with E-state index >= 15 is 0 Å². The Hall–Kier alpha value is -4.08. The molecule has 0 aliphatic carbocycles. The lowest BCUT2D eigenvalue weighted by molar-refractivity contribution is -0.115. The monoisotopic (exact) mass is 479 g/mol. The van der Waals surface area contributed by atoms with Crippen molar-refractivity contribution in [2.45, 2.75) is 18.4 Å². The lowest BCUT2D eigenvalue weighted by Crippen LogP contribution is -2.12. The number of methoxy groups -OCH3 is 1. The second-order valence-corrected chi connectivity index (χ2v) is 9.04. The average molecular weight is 480 g/mol. The molecule has 1 heterocycles. The van der Waals surface area contributed by atoms with Crippen LogP contribution in [-0.4, -0.2) is 23.8 Å². The summed E-state index contributed by atoms with van der Waals surface area (Å²) in [7, 11) is 1.59. The zero-order valence-corrected chi connectivity index (χ0v) is 20.4. The highest BCUT2D eigenvalue weighted by Gasteiger charge is 2.16. The molecule has 0 fully saturated rings. The van der Waals surface area contributed by atoms with Crippen molar-refractivity contribution in [1.82, 2.24) is 4.98 Å². The molecule has 0 bridgehead atoms. The SMILES string of the molecule is COc1cccc(NC(=O)CCSc2nc(-c3ccccc3)cc(-c3ccc(C)cc3)c2C#N)c1. The topological polar surface area (TPSA) is 75.0 Å². The highest BCUT2D eigenvalue weighted by molar-refractivity contribution is 7.99. The van der Waals surface area contributed by atoms with Crippen molar-refractivity contribution in [2.24, 2.45) is 0 Å². The maximum atomic E-state index is 12.5. The normalized spacial score (nSPS) is 10.4. The number of pyridine rings is 1. The van der Waals surface area contributed by atoms with Gasteiger partial charge in [-0.1, -0.05) is 66.2 Å². The summed E-state index contributed by atoms with van der Waals surface area (Å²) in [5.41, 5.74) is 5.93. The molecule has 4 aromatic rings. The van der Waals surface area contributed by atoms with E-state index < -0.39 is 0 Å². The van der Waals surface area contributed by atoms with E-state index in [2.05, 4.69) is 11.4 Å². The maximum Gasteiger partial charge on any atom is 0.225 e. The van der Waals surface area contributed by atoms with Gasteiger partial charge in [0.15, 0.2) is 0 Å². The Labute approximate surface area is 209 Å². The van der Waals surface area contributed by atoms with Crippen LogP contribution in [0.25, 0.3) is 22.4 Å². The molecule has 0 aliphatic rings.